The summed E-state index contributed by atoms with van der Waals surface area (Å²) >= 11 is 0. The van der Waals surface area contributed by atoms with Crippen LogP contribution >= 0.6 is 0 Å². The SMILES string of the molecule is Cc1nc(NCC2CC2)ccc1N. The van der Waals surface area contributed by atoms with Gasteiger partial charge in [0.1, 0.15) is 5.82 Å². The molecule has 1 aromatic rings. The topological polar surface area (TPSA) is 50.9 Å². The smallest absolute Gasteiger partial charge is 0.126 e. The number of hydrogen-bond acceptors (Lipinski definition) is 3. The Morgan fingerprint density at radius 3 is 2.92 bits per heavy atom. The predicted molar refractivity (Wildman–Crippen MR) is 54.6 cm³/mol. The van der Waals surface area contributed by atoms with Gasteiger partial charge in [-0.3, -0.25) is 0 Å². The molecule has 1 aromatic heterocycles. The van der Waals surface area contributed by atoms with Crippen molar-refractivity contribution >= 4 is 11.5 Å². The number of hydrogen-bond donors (Lipinski definition) is 2. The first kappa shape index (κ1) is 8.35. The maximum atomic E-state index is 5.67. The standard InChI is InChI=1S/C10H15N3/c1-7-9(11)4-5-10(13-7)12-6-8-2-3-8/h4-5,8H,2-3,6,11H2,1H3,(H,12,13). The van der Waals surface area contributed by atoms with Crippen LogP contribution in [0.5, 0.6) is 0 Å². The zero-order chi connectivity index (χ0) is 9.26. The van der Waals surface area contributed by atoms with Crippen LogP contribution in [0, 0.1) is 12.8 Å². The van der Waals surface area contributed by atoms with E-state index in [1.807, 2.05) is 19.1 Å². The van der Waals surface area contributed by atoms with Crippen molar-refractivity contribution in [1.82, 2.24) is 4.98 Å². The van der Waals surface area contributed by atoms with Crippen LogP contribution < -0.4 is 11.1 Å². The minimum absolute atomic E-state index is 0.761. The molecule has 1 aliphatic rings. The van der Waals surface area contributed by atoms with Crippen molar-refractivity contribution in [2.75, 3.05) is 17.6 Å². The predicted octanol–water partition coefficient (Wildman–Crippen LogP) is 1.79. The van der Waals surface area contributed by atoms with E-state index in [2.05, 4.69) is 10.3 Å². The molecular weight excluding hydrogens is 162 g/mol. The van der Waals surface area contributed by atoms with Crippen LogP contribution in [-0.2, 0) is 0 Å². The number of nitrogen functional groups attached to an aromatic ring is 1. The van der Waals surface area contributed by atoms with Gasteiger partial charge >= 0.3 is 0 Å². The molecule has 0 saturated heterocycles. The van der Waals surface area contributed by atoms with Gasteiger partial charge in [-0.2, -0.15) is 0 Å². The molecule has 13 heavy (non-hydrogen) atoms. The zero-order valence-electron chi connectivity index (χ0n) is 7.88. The van der Waals surface area contributed by atoms with Gasteiger partial charge in [0, 0.05) is 6.54 Å². The molecule has 0 spiro atoms. The second kappa shape index (κ2) is 3.24. The van der Waals surface area contributed by atoms with E-state index >= 15 is 0 Å². The molecule has 1 saturated carbocycles. The summed E-state index contributed by atoms with van der Waals surface area (Å²) in [7, 11) is 0. The average Bonchev–Trinajstić information content (AvgIpc) is 2.91. The third kappa shape index (κ3) is 2.11. The zero-order valence-corrected chi connectivity index (χ0v) is 7.88. The van der Waals surface area contributed by atoms with E-state index in [4.69, 9.17) is 5.73 Å². The molecule has 1 heterocycles. The molecule has 0 amide bonds. The first-order valence-electron chi connectivity index (χ1n) is 4.72. The third-order valence-corrected chi connectivity index (χ3v) is 2.40. The third-order valence-electron chi connectivity index (χ3n) is 2.40. The summed E-state index contributed by atoms with van der Waals surface area (Å²) < 4.78 is 0. The van der Waals surface area contributed by atoms with Crippen molar-refractivity contribution in [3.63, 3.8) is 0 Å². The second-order valence-electron chi connectivity index (χ2n) is 3.70. The van der Waals surface area contributed by atoms with E-state index in [1.54, 1.807) is 0 Å². The van der Waals surface area contributed by atoms with Crippen molar-refractivity contribution in [3.05, 3.63) is 17.8 Å². The van der Waals surface area contributed by atoms with Gasteiger partial charge in [-0.25, -0.2) is 4.98 Å². The second-order valence-corrected chi connectivity index (χ2v) is 3.70. The Kier molecular flexibility index (Phi) is 2.08. The highest BCUT2D eigenvalue weighted by atomic mass is 15.0. The maximum Gasteiger partial charge on any atom is 0.126 e. The van der Waals surface area contributed by atoms with Crippen LogP contribution in [0.25, 0.3) is 0 Å². The first-order chi connectivity index (χ1) is 6.25. The van der Waals surface area contributed by atoms with Crippen LogP contribution in [0.2, 0.25) is 0 Å². The van der Waals surface area contributed by atoms with Crippen LogP contribution in [-0.4, -0.2) is 11.5 Å². The molecule has 1 aliphatic carbocycles. The van der Waals surface area contributed by atoms with Gasteiger partial charge in [0.2, 0.25) is 0 Å². The highest BCUT2D eigenvalue weighted by molar-refractivity contribution is 5.49. The number of rotatable bonds is 3. The normalized spacial score (nSPS) is 15.8. The van der Waals surface area contributed by atoms with Gasteiger partial charge in [0.05, 0.1) is 11.4 Å². The number of aromatic nitrogens is 1. The Labute approximate surface area is 78.4 Å². The Hall–Kier alpha value is -1.25. The van der Waals surface area contributed by atoms with Crippen molar-refractivity contribution in [2.45, 2.75) is 19.8 Å². The Morgan fingerprint density at radius 2 is 2.31 bits per heavy atom. The lowest BCUT2D eigenvalue weighted by atomic mass is 10.3. The largest absolute Gasteiger partial charge is 0.397 e. The van der Waals surface area contributed by atoms with Crippen LogP contribution in [0.1, 0.15) is 18.5 Å². The summed E-state index contributed by atoms with van der Waals surface area (Å²) in [5, 5.41) is 3.31. The number of pyridine rings is 1. The van der Waals surface area contributed by atoms with Crippen LogP contribution in [0.4, 0.5) is 11.5 Å². The molecule has 0 radical (unpaired) electrons. The van der Waals surface area contributed by atoms with Crippen LogP contribution in [0.3, 0.4) is 0 Å². The van der Waals surface area contributed by atoms with E-state index in [9.17, 15) is 0 Å². The summed E-state index contributed by atoms with van der Waals surface area (Å²) in [6.45, 7) is 2.98. The fourth-order valence-corrected chi connectivity index (χ4v) is 1.24. The quantitative estimate of drug-likeness (QED) is 0.740. The lowest BCUT2D eigenvalue weighted by molar-refractivity contribution is 0.881. The average molecular weight is 177 g/mol. The molecule has 3 nitrogen and oxygen atoms in total. The van der Waals surface area contributed by atoms with E-state index in [-0.39, 0.29) is 0 Å². The maximum absolute atomic E-state index is 5.67. The monoisotopic (exact) mass is 177 g/mol. The molecule has 70 valence electrons. The minimum atomic E-state index is 0.761. The number of nitrogens with two attached hydrogens (primary N) is 1. The molecule has 3 N–H and O–H groups in total. The Morgan fingerprint density at radius 1 is 1.54 bits per heavy atom. The number of anilines is 2. The molecule has 1 fully saturated rings. The van der Waals surface area contributed by atoms with E-state index in [0.717, 1.165) is 29.7 Å². The summed E-state index contributed by atoms with van der Waals surface area (Å²) in [5.41, 5.74) is 7.33. The van der Waals surface area contributed by atoms with Gasteiger partial charge in [-0.05, 0) is 37.8 Å². The van der Waals surface area contributed by atoms with E-state index in [0.29, 0.717) is 0 Å². The number of nitrogens with one attached hydrogen (secondary N) is 1. The fourth-order valence-electron chi connectivity index (χ4n) is 1.24. The van der Waals surface area contributed by atoms with Crippen molar-refractivity contribution in [2.24, 2.45) is 5.92 Å². The molecule has 0 aromatic carbocycles. The molecule has 0 aliphatic heterocycles. The Balaban J connectivity index is 1.98. The first-order valence-corrected chi connectivity index (χ1v) is 4.72. The van der Waals surface area contributed by atoms with E-state index < -0.39 is 0 Å². The Bertz CT molecular complexity index is 305. The van der Waals surface area contributed by atoms with Gasteiger partial charge in [-0.1, -0.05) is 0 Å². The van der Waals surface area contributed by atoms with Crippen molar-refractivity contribution < 1.29 is 0 Å². The molecule has 2 rings (SSSR count). The van der Waals surface area contributed by atoms with Gasteiger partial charge < -0.3 is 11.1 Å². The van der Waals surface area contributed by atoms with E-state index in [1.165, 1.54) is 12.8 Å². The summed E-state index contributed by atoms with van der Waals surface area (Å²) in [6.07, 6.45) is 2.72. The lowest BCUT2D eigenvalue weighted by Crippen LogP contribution is -2.06. The summed E-state index contributed by atoms with van der Waals surface area (Å²) in [5.74, 6) is 1.82. The highest BCUT2D eigenvalue weighted by Crippen LogP contribution is 2.28. The lowest BCUT2D eigenvalue weighted by Gasteiger charge is -2.06. The molecule has 0 unspecified atom stereocenters. The highest BCUT2D eigenvalue weighted by Gasteiger charge is 2.20. The molecule has 0 bridgehead atoms. The minimum Gasteiger partial charge on any atom is -0.397 e. The molecular formula is C10H15N3. The van der Waals surface area contributed by atoms with Gasteiger partial charge in [0.15, 0.2) is 0 Å². The molecule has 3 heteroatoms. The summed E-state index contributed by atoms with van der Waals surface area (Å²) in [6, 6.07) is 3.84. The van der Waals surface area contributed by atoms with Crippen molar-refractivity contribution in [3.8, 4) is 0 Å². The van der Waals surface area contributed by atoms with Gasteiger partial charge in [-0.15, -0.1) is 0 Å². The fraction of sp³-hybridized carbons (Fsp3) is 0.500. The number of nitrogens with zero attached hydrogens (tertiary/aromatic N) is 1. The van der Waals surface area contributed by atoms with Crippen molar-refractivity contribution in [1.29, 1.82) is 0 Å². The van der Waals surface area contributed by atoms with Gasteiger partial charge in [0.25, 0.3) is 0 Å². The summed E-state index contributed by atoms with van der Waals surface area (Å²) in [4.78, 5) is 4.34. The number of aryl methyl sites for hydroxylation is 1. The molecule has 0 atom stereocenters. The van der Waals surface area contributed by atoms with Crippen LogP contribution in [0.15, 0.2) is 12.1 Å².